The third-order valence-corrected chi connectivity index (χ3v) is 4.02. The highest BCUT2D eigenvalue weighted by Crippen LogP contribution is 2.33. The topological polar surface area (TPSA) is 33.1 Å². The molecule has 4 heteroatoms. The van der Waals surface area contributed by atoms with Gasteiger partial charge in [-0.3, -0.25) is 0 Å². The van der Waals surface area contributed by atoms with Gasteiger partial charge in [0.05, 0.1) is 10.3 Å². The maximum Gasteiger partial charge on any atom is 0.107 e. The highest BCUT2D eigenvalue weighted by Gasteiger charge is 2.09. The van der Waals surface area contributed by atoms with Crippen molar-refractivity contribution in [3.63, 3.8) is 0 Å². The van der Waals surface area contributed by atoms with Crippen molar-refractivity contribution >= 4 is 23.1 Å². The Balaban J connectivity index is 2.28. The molecule has 2 nitrogen and oxygen atoms in total. The van der Waals surface area contributed by atoms with Gasteiger partial charge in [0.15, 0.2) is 0 Å². The van der Waals surface area contributed by atoms with E-state index in [1.54, 1.807) is 36.2 Å². The molecule has 0 aliphatic rings. The van der Waals surface area contributed by atoms with E-state index in [0.717, 1.165) is 10.6 Å². The summed E-state index contributed by atoms with van der Waals surface area (Å²) in [6.07, 6.45) is 1.28. The van der Waals surface area contributed by atoms with E-state index in [-0.39, 0.29) is 0 Å². The zero-order valence-electron chi connectivity index (χ0n) is 8.25. The van der Waals surface area contributed by atoms with Crippen molar-refractivity contribution in [3.8, 4) is 0 Å². The summed E-state index contributed by atoms with van der Waals surface area (Å²) in [5.74, 6) is 0. The number of rotatable bonds is 3. The Kier molecular flexibility index (Phi) is 3.41. The predicted octanol–water partition coefficient (Wildman–Crippen LogP) is 3.35. The molecule has 0 unspecified atom stereocenters. The number of hydrogen-bond acceptors (Lipinski definition) is 4. The fourth-order valence-electron chi connectivity index (χ4n) is 1.22. The second kappa shape index (κ2) is 4.79. The van der Waals surface area contributed by atoms with E-state index in [2.05, 4.69) is 11.1 Å². The standard InChI is InChI=1S/C11H11NOS2/c1-8(13)9-4-2-6-12-11(9)15-10-5-3-7-14-10/h2-8,13H,1H3/t8-/m0/s1. The highest BCUT2D eigenvalue weighted by molar-refractivity contribution is 8.01. The van der Waals surface area contributed by atoms with Crippen LogP contribution in [0.25, 0.3) is 0 Å². The SMILES string of the molecule is C[C@H](O)c1cccnc1Sc1cccs1. The van der Waals surface area contributed by atoms with Crippen LogP contribution in [0.3, 0.4) is 0 Å². The molecule has 78 valence electrons. The fourth-order valence-corrected chi connectivity index (χ4v) is 3.07. The van der Waals surface area contributed by atoms with Crippen molar-refractivity contribution in [3.05, 3.63) is 41.4 Å². The normalized spacial score (nSPS) is 12.7. The van der Waals surface area contributed by atoms with E-state index < -0.39 is 6.10 Å². The molecule has 1 N–H and O–H groups in total. The van der Waals surface area contributed by atoms with Crippen molar-refractivity contribution in [2.24, 2.45) is 0 Å². The molecule has 0 spiro atoms. The van der Waals surface area contributed by atoms with E-state index in [4.69, 9.17) is 0 Å². The molecular formula is C11H11NOS2. The van der Waals surface area contributed by atoms with Crippen LogP contribution in [-0.4, -0.2) is 10.1 Å². The van der Waals surface area contributed by atoms with Crippen LogP contribution in [0, 0.1) is 0 Å². The summed E-state index contributed by atoms with van der Waals surface area (Å²) in [7, 11) is 0. The Bertz CT molecular complexity index is 426. The van der Waals surface area contributed by atoms with E-state index in [1.807, 2.05) is 23.6 Å². The van der Waals surface area contributed by atoms with Gasteiger partial charge in [-0.05, 0) is 24.4 Å². The summed E-state index contributed by atoms with van der Waals surface area (Å²) in [5.41, 5.74) is 0.885. The number of hydrogen-bond donors (Lipinski definition) is 1. The first-order valence-electron chi connectivity index (χ1n) is 4.61. The number of aliphatic hydroxyl groups is 1. The van der Waals surface area contributed by atoms with Crippen molar-refractivity contribution in [1.29, 1.82) is 0 Å². The number of pyridine rings is 1. The molecule has 0 fully saturated rings. The van der Waals surface area contributed by atoms with Crippen LogP contribution < -0.4 is 0 Å². The van der Waals surface area contributed by atoms with Gasteiger partial charge in [-0.2, -0.15) is 0 Å². The average Bonchev–Trinajstić information content (AvgIpc) is 2.71. The third-order valence-electron chi connectivity index (χ3n) is 1.94. The van der Waals surface area contributed by atoms with Crippen LogP contribution in [0.1, 0.15) is 18.6 Å². The molecule has 0 aromatic carbocycles. The summed E-state index contributed by atoms with van der Waals surface area (Å²) in [5, 5.41) is 12.5. The molecule has 0 radical (unpaired) electrons. The van der Waals surface area contributed by atoms with Gasteiger partial charge in [-0.1, -0.05) is 23.9 Å². The Morgan fingerprint density at radius 3 is 2.93 bits per heavy atom. The minimum Gasteiger partial charge on any atom is -0.389 e. The van der Waals surface area contributed by atoms with Crippen molar-refractivity contribution in [2.45, 2.75) is 22.3 Å². The Labute approximate surface area is 97.0 Å². The predicted molar refractivity (Wildman–Crippen MR) is 63.3 cm³/mol. The third kappa shape index (κ3) is 2.59. The van der Waals surface area contributed by atoms with Gasteiger partial charge in [0.25, 0.3) is 0 Å². The van der Waals surface area contributed by atoms with Crippen LogP contribution in [0.2, 0.25) is 0 Å². The van der Waals surface area contributed by atoms with Crippen molar-refractivity contribution in [2.75, 3.05) is 0 Å². The van der Waals surface area contributed by atoms with Crippen LogP contribution in [0.4, 0.5) is 0 Å². The fraction of sp³-hybridized carbons (Fsp3) is 0.182. The molecule has 15 heavy (non-hydrogen) atoms. The molecule has 2 heterocycles. The van der Waals surface area contributed by atoms with Crippen molar-refractivity contribution < 1.29 is 5.11 Å². The molecule has 2 aromatic heterocycles. The minimum absolute atomic E-state index is 0.471. The molecule has 0 saturated heterocycles. The summed E-state index contributed by atoms with van der Waals surface area (Å²) < 4.78 is 1.19. The van der Waals surface area contributed by atoms with E-state index in [9.17, 15) is 5.11 Å². The Morgan fingerprint density at radius 2 is 2.27 bits per heavy atom. The van der Waals surface area contributed by atoms with Gasteiger partial charge in [-0.15, -0.1) is 11.3 Å². The van der Waals surface area contributed by atoms with Crippen LogP contribution >= 0.6 is 23.1 Å². The first-order valence-corrected chi connectivity index (χ1v) is 6.31. The van der Waals surface area contributed by atoms with Gasteiger partial charge in [0.1, 0.15) is 5.03 Å². The highest BCUT2D eigenvalue weighted by atomic mass is 32.2. The van der Waals surface area contributed by atoms with Crippen LogP contribution in [0.15, 0.2) is 45.1 Å². The number of nitrogens with zero attached hydrogens (tertiary/aromatic N) is 1. The second-order valence-electron chi connectivity index (χ2n) is 3.11. The van der Waals surface area contributed by atoms with Gasteiger partial charge < -0.3 is 5.11 Å². The van der Waals surface area contributed by atoms with E-state index in [1.165, 1.54) is 4.21 Å². The first kappa shape index (κ1) is 10.7. The van der Waals surface area contributed by atoms with E-state index >= 15 is 0 Å². The van der Waals surface area contributed by atoms with Crippen LogP contribution in [-0.2, 0) is 0 Å². The molecule has 0 aliphatic heterocycles. The smallest absolute Gasteiger partial charge is 0.107 e. The second-order valence-corrected chi connectivity index (χ2v) is 5.34. The van der Waals surface area contributed by atoms with Gasteiger partial charge in [-0.25, -0.2) is 4.98 Å². The van der Waals surface area contributed by atoms with Gasteiger partial charge in [0, 0.05) is 11.8 Å². The maximum atomic E-state index is 9.58. The van der Waals surface area contributed by atoms with Gasteiger partial charge >= 0.3 is 0 Å². The molecule has 0 bridgehead atoms. The molecule has 0 aliphatic carbocycles. The molecular weight excluding hydrogens is 226 g/mol. The number of aliphatic hydroxyl groups excluding tert-OH is 1. The zero-order valence-corrected chi connectivity index (χ0v) is 9.89. The lowest BCUT2D eigenvalue weighted by molar-refractivity contribution is 0.195. The zero-order chi connectivity index (χ0) is 10.7. The summed E-state index contributed by atoms with van der Waals surface area (Å²) in [6.45, 7) is 1.76. The molecule has 0 saturated carbocycles. The Morgan fingerprint density at radius 1 is 1.40 bits per heavy atom. The first-order chi connectivity index (χ1) is 7.27. The summed E-state index contributed by atoms with van der Waals surface area (Å²) >= 11 is 3.28. The number of thiophene rings is 1. The van der Waals surface area contributed by atoms with Crippen molar-refractivity contribution in [1.82, 2.24) is 4.98 Å². The number of aromatic nitrogens is 1. The lowest BCUT2D eigenvalue weighted by Crippen LogP contribution is -1.95. The average molecular weight is 237 g/mol. The largest absolute Gasteiger partial charge is 0.389 e. The molecule has 0 amide bonds. The molecule has 2 aromatic rings. The minimum atomic E-state index is -0.471. The summed E-state index contributed by atoms with van der Waals surface area (Å²) in [4.78, 5) is 4.28. The summed E-state index contributed by atoms with van der Waals surface area (Å²) in [6, 6.07) is 7.82. The lowest BCUT2D eigenvalue weighted by atomic mass is 10.2. The van der Waals surface area contributed by atoms with Crippen LogP contribution in [0.5, 0.6) is 0 Å². The van der Waals surface area contributed by atoms with Gasteiger partial charge in [0.2, 0.25) is 0 Å². The maximum absolute atomic E-state index is 9.58. The Hall–Kier alpha value is -0.840. The van der Waals surface area contributed by atoms with E-state index in [0.29, 0.717) is 0 Å². The lowest BCUT2D eigenvalue weighted by Gasteiger charge is -2.08. The molecule has 2 rings (SSSR count). The monoisotopic (exact) mass is 237 g/mol. The quantitative estimate of drug-likeness (QED) is 0.888. The molecule has 1 atom stereocenters.